The molecular weight excluding hydrogens is 270 g/mol. The largest absolute Gasteiger partial charge is 0.497 e. The molecule has 0 aliphatic carbocycles. The summed E-state index contributed by atoms with van der Waals surface area (Å²) in [4.78, 5) is 23.0. The molecular formula is C16H15NO4. The summed E-state index contributed by atoms with van der Waals surface area (Å²) >= 11 is 0. The summed E-state index contributed by atoms with van der Waals surface area (Å²) in [5, 5.41) is 11.7. The molecule has 0 radical (unpaired) electrons. The van der Waals surface area contributed by atoms with E-state index in [2.05, 4.69) is 5.32 Å². The lowest BCUT2D eigenvalue weighted by Crippen LogP contribution is -2.16. The minimum Gasteiger partial charge on any atom is -0.497 e. The molecule has 0 aliphatic rings. The van der Waals surface area contributed by atoms with Gasteiger partial charge in [0.1, 0.15) is 5.75 Å². The van der Waals surface area contributed by atoms with Crippen molar-refractivity contribution in [2.45, 2.75) is 6.42 Å². The van der Waals surface area contributed by atoms with Crippen LogP contribution < -0.4 is 10.1 Å². The quantitative estimate of drug-likeness (QED) is 0.885. The fourth-order valence-electron chi connectivity index (χ4n) is 1.90. The Kier molecular flexibility index (Phi) is 4.56. The van der Waals surface area contributed by atoms with Crippen molar-refractivity contribution in [3.63, 3.8) is 0 Å². The lowest BCUT2D eigenvalue weighted by molar-refractivity contribution is -0.115. The standard InChI is InChI=1S/C16H15NO4/c1-21-12-8-6-11(7-9-12)10-15(18)17-14-5-3-2-4-13(14)16(19)20/h2-9H,10H2,1H3,(H,17,18)(H,19,20). The molecule has 2 rings (SSSR count). The number of para-hydroxylation sites is 1. The van der Waals surface area contributed by atoms with Gasteiger partial charge in [0.15, 0.2) is 0 Å². The summed E-state index contributed by atoms with van der Waals surface area (Å²) in [7, 11) is 1.57. The minimum absolute atomic E-state index is 0.0700. The van der Waals surface area contributed by atoms with E-state index in [4.69, 9.17) is 9.84 Å². The van der Waals surface area contributed by atoms with Gasteiger partial charge in [-0.15, -0.1) is 0 Å². The maximum Gasteiger partial charge on any atom is 0.337 e. The first-order chi connectivity index (χ1) is 10.1. The van der Waals surface area contributed by atoms with Crippen molar-refractivity contribution in [2.75, 3.05) is 12.4 Å². The predicted molar refractivity (Wildman–Crippen MR) is 78.7 cm³/mol. The number of ether oxygens (including phenoxy) is 1. The van der Waals surface area contributed by atoms with Crippen LogP contribution in [0, 0.1) is 0 Å². The molecule has 0 bridgehead atoms. The molecule has 0 heterocycles. The van der Waals surface area contributed by atoms with Crippen LogP contribution in [0.3, 0.4) is 0 Å². The second kappa shape index (κ2) is 6.56. The van der Waals surface area contributed by atoms with Crippen LogP contribution in [0.5, 0.6) is 5.75 Å². The Bertz CT molecular complexity index is 650. The van der Waals surface area contributed by atoms with Crippen LogP contribution >= 0.6 is 0 Å². The zero-order valence-corrected chi connectivity index (χ0v) is 11.5. The van der Waals surface area contributed by atoms with Crippen molar-refractivity contribution in [1.82, 2.24) is 0 Å². The van der Waals surface area contributed by atoms with Gasteiger partial charge in [-0.2, -0.15) is 0 Å². The summed E-state index contributed by atoms with van der Waals surface area (Å²) < 4.78 is 5.05. The lowest BCUT2D eigenvalue weighted by atomic mass is 10.1. The molecule has 0 fully saturated rings. The Morgan fingerprint density at radius 3 is 2.38 bits per heavy atom. The highest BCUT2D eigenvalue weighted by molar-refractivity contribution is 6.00. The third-order valence-electron chi connectivity index (χ3n) is 2.96. The maximum atomic E-state index is 12.0. The topological polar surface area (TPSA) is 75.6 Å². The Hall–Kier alpha value is -2.82. The molecule has 0 saturated heterocycles. The molecule has 0 spiro atoms. The highest BCUT2D eigenvalue weighted by atomic mass is 16.5. The zero-order chi connectivity index (χ0) is 15.2. The van der Waals surface area contributed by atoms with Gasteiger partial charge in [0, 0.05) is 0 Å². The van der Waals surface area contributed by atoms with E-state index in [1.165, 1.54) is 6.07 Å². The van der Waals surface area contributed by atoms with Crippen molar-refractivity contribution >= 4 is 17.6 Å². The van der Waals surface area contributed by atoms with Gasteiger partial charge in [0.25, 0.3) is 0 Å². The van der Waals surface area contributed by atoms with E-state index in [1.807, 2.05) is 0 Å². The third-order valence-corrected chi connectivity index (χ3v) is 2.96. The Balaban J connectivity index is 2.06. The molecule has 0 atom stereocenters. The predicted octanol–water partition coefficient (Wildman–Crippen LogP) is 2.57. The highest BCUT2D eigenvalue weighted by Gasteiger charge is 2.11. The van der Waals surface area contributed by atoms with E-state index in [1.54, 1.807) is 49.6 Å². The number of carbonyl (C=O) groups is 2. The van der Waals surface area contributed by atoms with Gasteiger partial charge in [-0.05, 0) is 29.8 Å². The number of carboxylic acid groups (broad SMARTS) is 1. The van der Waals surface area contributed by atoms with Crippen LogP contribution in [0.25, 0.3) is 0 Å². The minimum atomic E-state index is -1.07. The summed E-state index contributed by atoms with van der Waals surface area (Å²) in [5.41, 5.74) is 1.19. The monoisotopic (exact) mass is 285 g/mol. The number of anilines is 1. The van der Waals surface area contributed by atoms with Crippen LogP contribution in [0.4, 0.5) is 5.69 Å². The number of carboxylic acids is 1. The molecule has 108 valence electrons. The first-order valence-corrected chi connectivity index (χ1v) is 6.35. The smallest absolute Gasteiger partial charge is 0.337 e. The highest BCUT2D eigenvalue weighted by Crippen LogP contribution is 2.16. The molecule has 1 amide bonds. The SMILES string of the molecule is COc1ccc(CC(=O)Nc2ccccc2C(=O)O)cc1. The van der Waals surface area contributed by atoms with Crippen LogP contribution in [-0.2, 0) is 11.2 Å². The molecule has 5 heteroatoms. The van der Waals surface area contributed by atoms with Gasteiger partial charge in [-0.25, -0.2) is 4.79 Å². The molecule has 0 unspecified atom stereocenters. The fourth-order valence-corrected chi connectivity index (χ4v) is 1.90. The van der Waals surface area contributed by atoms with E-state index in [9.17, 15) is 9.59 Å². The van der Waals surface area contributed by atoms with Gasteiger partial charge in [-0.3, -0.25) is 4.79 Å². The number of carbonyl (C=O) groups excluding carboxylic acids is 1. The van der Waals surface area contributed by atoms with Crippen LogP contribution in [0.15, 0.2) is 48.5 Å². The van der Waals surface area contributed by atoms with E-state index < -0.39 is 5.97 Å². The van der Waals surface area contributed by atoms with Crippen LogP contribution in [0.1, 0.15) is 15.9 Å². The fraction of sp³-hybridized carbons (Fsp3) is 0.125. The van der Waals surface area contributed by atoms with E-state index in [-0.39, 0.29) is 17.9 Å². The first-order valence-electron chi connectivity index (χ1n) is 6.35. The summed E-state index contributed by atoms with van der Waals surface area (Å²) in [6.07, 6.45) is 0.165. The molecule has 2 N–H and O–H groups in total. The summed E-state index contributed by atoms with van der Waals surface area (Å²) in [5.74, 6) is -0.625. The molecule has 0 aromatic heterocycles. The number of hydrogen-bond acceptors (Lipinski definition) is 3. The number of rotatable bonds is 5. The summed E-state index contributed by atoms with van der Waals surface area (Å²) in [6.45, 7) is 0. The van der Waals surface area contributed by atoms with Gasteiger partial charge in [-0.1, -0.05) is 24.3 Å². The number of benzene rings is 2. The first kappa shape index (κ1) is 14.6. The third kappa shape index (κ3) is 3.82. The van der Waals surface area contributed by atoms with E-state index in [0.29, 0.717) is 5.69 Å². The second-order valence-electron chi connectivity index (χ2n) is 4.42. The average Bonchev–Trinajstić information content (AvgIpc) is 2.48. The molecule has 2 aromatic carbocycles. The number of aromatic carboxylic acids is 1. The molecule has 21 heavy (non-hydrogen) atoms. The number of nitrogens with one attached hydrogen (secondary N) is 1. The average molecular weight is 285 g/mol. The van der Waals surface area contributed by atoms with Gasteiger partial charge in [0.05, 0.1) is 24.8 Å². The Morgan fingerprint density at radius 2 is 1.76 bits per heavy atom. The number of amides is 1. The molecule has 5 nitrogen and oxygen atoms in total. The molecule has 0 saturated carbocycles. The van der Waals surface area contributed by atoms with Gasteiger partial charge < -0.3 is 15.2 Å². The molecule has 0 aliphatic heterocycles. The number of hydrogen-bond donors (Lipinski definition) is 2. The zero-order valence-electron chi connectivity index (χ0n) is 11.5. The van der Waals surface area contributed by atoms with Crippen molar-refractivity contribution in [2.24, 2.45) is 0 Å². The Morgan fingerprint density at radius 1 is 1.10 bits per heavy atom. The lowest BCUT2D eigenvalue weighted by Gasteiger charge is -2.08. The van der Waals surface area contributed by atoms with Crippen molar-refractivity contribution in [3.8, 4) is 5.75 Å². The normalized spacial score (nSPS) is 9.95. The number of methoxy groups -OCH3 is 1. The summed E-state index contributed by atoms with van der Waals surface area (Å²) in [6, 6.07) is 13.4. The van der Waals surface area contributed by atoms with Gasteiger partial charge >= 0.3 is 5.97 Å². The van der Waals surface area contributed by atoms with Crippen molar-refractivity contribution in [1.29, 1.82) is 0 Å². The van der Waals surface area contributed by atoms with Gasteiger partial charge in [0.2, 0.25) is 5.91 Å². The van der Waals surface area contributed by atoms with E-state index >= 15 is 0 Å². The van der Waals surface area contributed by atoms with E-state index in [0.717, 1.165) is 11.3 Å². The van der Waals surface area contributed by atoms with Crippen LogP contribution in [0.2, 0.25) is 0 Å². The Labute approximate surface area is 122 Å². The van der Waals surface area contributed by atoms with Crippen molar-refractivity contribution in [3.05, 3.63) is 59.7 Å². The maximum absolute atomic E-state index is 12.0. The molecule has 2 aromatic rings. The van der Waals surface area contributed by atoms with Crippen molar-refractivity contribution < 1.29 is 19.4 Å². The second-order valence-corrected chi connectivity index (χ2v) is 4.42. The van der Waals surface area contributed by atoms with Crippen LogP contribution in [-0.4, -0.2) is 24.1 Å².